The maximum atomic E-state index is 11.7. The molecule has 0 saturated heterocycles. The van der Waals surface area contributed by atoms with Crippen LogP contribution in [0, 0.1) is 46.3 Å². The summed E-state index contributed by atoms with van der Waals surface area (Å²) in [6, 6.07) is 0.613. The number of methoxy groups -OCH3 is 1. The zero-order valence-corrected chi connectivity index (χ0v) is 22.8. The molecule has 5 nitrogen and oxygen atoms in total. The van der Waals surface area contributed by atoms with E-state index in [2.05, 4.69) is 45.1 Å². The van der Waals surface area contributed by atoms with Crippen molar-refractivity contribution < 1.29 is 14.6 Å². The van der Waals surface area contributed by atoms with Gasteiger partial charge in [0.05, 0.1) is 13.2 Å². The molecule has 4 aliphatic carbocycles. The SMILES string of the molecule is COC(=O)CC[C@@H](C)C1CCC2C3C(CC[C@@]21C)[C@@]1(C)CCC(NCCN(C)C)C[C@H]1C[C@H]3O. The van der Waals surface area contributed by atoms with Crippen molar-refractivity contribution in [2.45, 2.75) is 97.1 Å². The normalized spacial score (nSPS) is 44.8. The average Bonchev–Trinajstić information content (AvgIpc) is 3.15. The highest BCUT2D eigenvalue weighted by Crippen LogP contribution is 2.68. The summed E-state index contributed by atoms with van der Waals surface area (Å²) in [5.74, 6) is 3.55. The maximum Gasteiger partial charge on any atom is 0.305 e. The number of nitrogens with zero attached hydrogens (tertiary/aromatic N) is 1. The molecule has 10 atom stereocenters. The molecule has 0 aromatic carbocycles. The summed E-state index contributed by atoms with van der Waals surface area (Å²) in [7, 11) is 5.77. The van der Waals surface area contributed by atoms with Gasteiger partial charge in [0.1, 0.15) is 0 Å². The molecular weight excluding hydrogens is 424 g/mol. The summed E-state index contributed by atoms with van der Waals surface area (Å²) in [5, 5.41) is 15.4. The van der Waals surface area contributed by atoms with Gasteiger partial charge in [0.2, 0.25) is 0 Å². The molecule has 0 heterocycles. The molecule has 4 saturated carbocycles. The molecule has 5 unspecified atom stereocenters. The van der Waals surface area contributed by atoms with Gasteiger partial charge in [-0.25, -0.2) is 0 Å². The lowest BCUT2D eigenvalue weighted by Crippen LogP contribution is -2.59. The fourth-order valence-electron chi connectivity index (χ4n) is 9.52. The number of hydrogen-bond acceptors (Lipinski definition) is 5. The number of carbonyl (C=O) groups is 1. The van der Waals surface area contributed by atoms with Gasteiger partial charge in [0.25, 0.3) is 0 Å². The molecule has 0 aliphatic heterocycles. The standard InChI is InChI=1S/C29H52N2O3/c1-19(7-10-26(33)34-6)22-8-9-23-27-24(12-14-29(22,23)3)28(2)13-11-21(30-15-16-31(4)5)17-20(28)18-25(27)32/h19-25,27,30,32H,7-18H2,1-6H3/t19-,20+,21?,22?,23?,24?,25-,27?,28+,29-/m1/s1. The largest absolute Gasteiger partial charge is 0.469 e. The number of ether oxygens (including phenoxy) is 1. The highest BCUT2D eigenvalue weighted by molar-refractivity contribution is 5.69. The van der Waals surface area contributed by atoms with Crippen molar-refractivity contribution in [2.75, 3.05) is 34.3 Å². The van der Waals surface area contributed by atoms with Crippen molar-refractivity contribution >= 4 is 5.97 Å². The first-order chi connectivity index (χ1) is 16.1. The molecule has 0 spiro atoms. The fourth-order valence-corrected chi connectivity index (χ4v) is 9.52. The van der Waals surface area contributed by atoms with E-state index in [0.717, 1.165) is 25.9 Å². The van der Waals surface area contributed by atoms with E-state index < -0.39 is 0 Å². The van der Waals surface area contributed by atoms with Crippen molar-refractivity contribution in [1.29, 1.82) is 0 Å². The Labute approximate surface area is 208 Å². The molecule has 0 radical (unpaired) electrons. The van der Waals surface area contributed by atoms with Crippen LogP contribution in [0.25, 0.3) is 0 Å². The Morgan fingerprint density at radius 1 is 1.09 bits per heavy atom. The predicted molar refractivity (Wildman–Crippen MR) is 137 cm³/mol. The number of likely N-dealkylation sites (N-methyl/N-ethyl adjacent to an activating group) is 1. The van der Waals surface area contributed by atoms with Gasteiger partial charge in [-0.1, -0.05) is 20.8 Å². The number of fused-ring (bicyclic) bond motifs is 5. The van der Waals surface area contributed by atoms with Crippen LogP contribution in [-0.4, -0.2) is 62.4 Å². The minimum absolute atomic E-state index is 0.0799. The van der Waals surface area contributed by atoms with Gasteiger partial charge in [0.15, 0.2) is 0 Å². The molecule has 34 heavy (non-hydrogen) atoms. The predicted octanol–water partition coefficient (Wildman–Crippen LogP) is 4.73. The number of carbonyl (C=O) groups excluding carboxylic acids is 1. The Hall–Kier alpha value is -0.650. The Morgan fingerprint density at radius 2 is 1.79 bits per heavy atom. The third-order valence-corrected chi connectivity index (χ3v) is 11.5. The van der Waals surface area contributed by atoms with Gasteiger partial charge < -0.3 is 20.1 Å². The third kappa shape index (κ3) is 4.83. The van der Waals surface area contributed by atoms with Crippen LogP contribution in [0.3, 0.4) is 0 Å². The van der Waals surface area contributed by atoms with E-state index in [9.17, 15) is 9.90 Å². The second-order valence-electron chi connectivity index (χ2n) is 13.3. The Balaban J connectivity index is 1.43. The van der Waals surface area contributed by atoms with Gasteiger partial charge in [-0.15, -0.1) is 0 Å². The molecular formula is C29H52N2O3. The molecule has 2 N–H and O–H groups in total. The first-order valence-electron chi connectivity index (χ1n) is 14.2. The van der Waals surface area contributed by atoms with E-state index in [-0.39, 0.29) is 12.1 Å². The van der Waals surface area contributed by atoms with Crippen molar-refractivity contribution in [1.82, 2.24) is 10.2 Å². The van der Waals surface area contributed by atoms with Crippen LogP contribution in [0.4, 0.5) is 0 Å². The third-order valence-electron chi connectivity index (χ3n) is 11.5. The lowest BCUT2D eigenvalue weighted by atomic mass is 9.43. The van der Waals surface area contributed by atoms with Crippen LogP contribution in [0.2, 0.25) is 0 Å². The van der Waals surface area contributed by atoms with E-state index in [1.807, 2.05) is 0 Å². The van der Waals surface area contributed by atoms with Gasteiger partial charge in [-0.3, -0.25) is 4.79 Å². The number of nitrogens with one attached hydrogen (secondary N) is 1. The lowest BCUT2D eigenvalue weighted by molar-refractivity contribution is -0.167. The topological polar surface area (TPSA) is 61.8 Å². The van der Waals surface area contributed by atoms with Crippen molar-refractivity contribution in [2.24, 2.45) is 46.3 Å². The van der Waals surface area contributed by atoms with Crippen LogP contribution in [0.15, 0.2) is 0 Å². The number of aliphatic hydroxyl groups is 1. The average molecular weight is 477 g/mol. The monoisotopic (exact) mass is 476 g/mol. The molecule has 196 valence electrons. The lowest BCUT2D eigenvalue weighted by Gasteiger charge is -2.62. The summed E-state index contributed by atoms with van der Waals surface area (Å²) >= 11 is 0. The van der Waals surface area contributed by atoms with Crippen molar-refractivity contribution in [3.63, 3.8) is 0 Å². The number of rotatable bonds is 8. The van der Waals surface area contributed by atoms with Gasteiger partial charge in [0, 0.05) is 25.6 Å². The number of aliphatic hydroxyl groups excluding tert-OH is 1. The highest BCUT2D eigenvalue weighted by Gasteiger charge is 2.62. The molecule has 0 amide bonds. The minimum Gasteiger partial charge on any atom is -0.469 e. The van der Waals surface area contributed by atoms with E-state index in [0.29, 0.717) is 58.8 Å². The van der Waals surface area contributed by atoms with E-state index >= 15 is 0 Å². The Bertz CT molecular complexity index is 713. The second kappa shape index (κ2) is 10.4. The first kappa shape index (κ1) is 26.4. The Morgan fingerprint density at radius 3 is 2.50 bits per heavy atom. The van der Waals surface area contributed by atoms with E-state index in [1.54, 1.807) is 0 Å². The zero-order chi connectivity index (χ0) is 24.7. The van der Waals surface area contributed by atoms with E-state index in [4.69, 9.17) is 4.74 Å². The van der Waals surface area contributed by atoms with Crippen LogP contribution in [-0.2, 0) is 9.53 Å². The summed E-state index contributed by atoms with van der Waals surface area (Å²) < 4.78 is 4.90. The Kier molecular flexibility index (Phi) is 8.06. The van der Waals surface area contributed by atoms with Crippen LogP contribution >= 0.6 is 0 Å². The van der Waals surface area contributed by atoms with Gasteiger partial charge >= 0.3 is 5.97 Å². The quantitative estimate of drug-likeness (QED) is 0.496. The molecule has 4 rings (SSSR count). The summed E-state index contributed by atoms with van der Waals surface area (Å²) in [5.41, 5.74) is 0.700. The molecule has 4 fully saturated rings. The van der Waals surface area contributed by atoms with Crippen LogP contribution in [0.5, 0.6) is 0 Å². The number of hydrogen-bond donors (Lipinski definition) is 2. The molecule has 0 aromatic rings. The smallest absolute Gasteiger partial charge is 0.305 e. The van der Waals surface area contributed by atoms with Crippen LogP contribution in [0.1, 0.15) is 85.0 Å². The summed E-state index contributed by atoms with van der Waals surface area (Å²) in [4.78, 5) is 14.0. The molecule has 0 aromatic heterocycles. The molecule has 0 bridgehead atoms. The van der Waals surface area contributed by atoms with Gasteiger partial charge in [-0.05, 0) is 118 Å². The van der Waals surface area contributed by atoms with Crippen LogP contribution < -0.4 is 5.32 Å². The van der Waals surface area contributed by atoms with E-state index in [1.165, 1.54) is 52.1 Å². The highest BCUT2D eigenvalue weighted by atomic mass is 16.5. The maximum absolute atomic E-state index is 11.7. The second-order valence-corrected chi connectivity index (χ2v) is 13.3. The van der Waals surface area contributed by atoms with Crippen molar-refractivity contribution in [3.05, 3.63) is 0 Å². The first-order valence-corrected chi connectivity index (χ1v) is 14.2. The summed E-state index contributed by atoms with van der Waals surface area (Å²) in [6.45, 7) is 9.63. The molecule has 5 heteroatoms. The number of esters is 1. The summed E-state index contributed by atoms with van der Waals surface area (Å²) in [6.07, 6.45) is 11.3. The van der Waals surface area contributed by atoms with Crippen molar-refractivity contribution in [3.8, 4) is 0 Å². The zero-order valence-electron chi connectivity index (χ0n) is 22.8. The molecule has 4 aliphatic rings. The van der Waals surface area contributed by atoms with Gasteiger partial charge in [-0.2, -0.15) is 0 Å². The minimum atomic E-state index is -0.141. The fraction of sp³-hybridized carbons (Fsp3) is 0.966.